The minimum atomic E-state index is 0.369. The molecule has 0 heterocycles. The van der Waals surface area contributed by atoms with Crippen LogP contribution in [0.2, 0.25) is 0 Å². The highest BCUT2D eigenvalue weighted by molar-refractivity contribution is 5.93. The lowest BCUT2D eigenvalue weighted by molar-refractivity contribution is 0.417. The summed E-state index contributed by atoms with van der Waals surface area (Å²) in [6.45, 7) is 2.00. The largest absolute Gasteiger partial charge is 0.495 e. The Labute approximate surface area is 83.8 Å². The van der Waals surface area contributed by atoms with Gasteiger partial charge in [-0.05, 0) is 24.6 Å². The number of methoxy groups -OCH3 is 1. The van der Waals surface area contributed by atoms with Gasteiger partial charge in [0.05, 0.1) is 12.8 Å². The van der Waals surface area contributed by atoms with Crippen molar-refractivity contribution < 1.29 is 4.74 Å². The van der Waals surface area contributed by atoms with E-state index in [2.05, 4.69) is 10.3 Å². The molecule has 0 aliphatic carbocycles. The summed E-state index contributed by atoms with van der Waals surface area (Å²) in [5, 5.41) is 2.95. The van der Waals surface area contributed by atoms with Crippen LogP contribution < -0.4 is 15.8 Å². The molecule has 0 saturated heterocycles. The molecule has 0 spiro atoms. The van der Waals surface area contributed by atoms with E-state index < -0.39 is 0 Å². The first kappa shape index (κ1) is 10.4. The third kappa shape index (κ3) is 2.39. The van der Waals surface area contributed by atoms with Crippen LogP contribution in [0.5, 0.6) is 5.75 Å². The van der Waals surface area contributed by atoms with Crippen LogP contribution in [0.15, 0.2) is 23.2 Å². The molecule has 1 rings (SSSR count). The summed E-state index contributed by atoms with van der Waals surface area (Å²) in [6, 6.07) is 5.82. The summed E-state index contributed by atoms with van der Waals surface area (Å²) in [5.74, 6) is 1.12. The molecule has 4 nitrogen and oxygen atoms in total. The van der Waals surface area contributed by atoms with Crippen molar-refractivity contribution in [3.05, 3.63) is 23.8 Å². The van der Waals surface area contributed by atoms with Crippen LogP contribution in [0.4, 0.5) is 5.69 Å². The second-order valence-electron chi connectivity index (χ2n) is 2.94. The fraction of sp³-hybridized carbons (Fsp3) is 0.300. The summed E-state index contributed by atoms with van der Waals surface area (Å²) >= 11 is 0. The lowest BCUT2D eigenvalue weighted by Crippen LogP contribution is -2.22. The molecule has 0 aliphatic rings. The predicted octanol–water partition coefficient (Wildman–Crippen LogP) is 1.36. The Morgan fingerprint density at radius 2 is 2.21 bits per heavy atom. The topological polar surface area (TPSA) is 59.6 Å². The van der Waals surface area contributed by atoms with E-state index in [1.54, 1.807) is 14.2 Å². The second-order valence-corrected chi connectivity index (χ2v) is 2.94. The number of aryl methyl sites for hydroxylation is 1. The lowest BCUT2D eigenvalue weighted by Gasteiger charge is -2.10. The number of benzene rings is 1. The zero-order valence-electron chi connectivity index (χ0n) is 8.66. The Morgan fingerprint density at radius 1 is 1.50 bits per heavy atom. The number of ether oxygens (including phenoxy) is 1. The number of anilines is 1. The van der Waals surface area contributed by atoms with Gasteiger partial charge in [0, 0.05) is 7.05 Å². The van der Waals surface area contributed by atoms with Crippen molar-refractivity contribution in [1.82, 2.24) is 0 Å². The molecule has 4 heteroatoms. The fourth-order valence-electron chi connectivity index (χ4n) is 1.11. The van der Waals surface area contributed by atoms with E-state index in [-0.39, 0.29) is 0 Å². The van der Waals surface area contributed by atoms with Crippen LogP contribution in [0.25, 0.3) is 0 Å². The van der Waals surface area contributed by atoms with E-state index in [1.807, 2.05) is 25.1 Å². The third-order valence-electron chi connectivity index (χ3n) is 1.86. The van der Waals surface area contributed by atoms with Gasteiger partial charge in [-0.1, -0.05) is 6.07 Å². The van der Waals surface area contributed by atoms with E-state index in [0.717, 1.165) is 17.0 Å². The average Bonchev–Trinajstić information content (AvgIpc) is 2.18. The van der Waals surface area contributed by atoms with Gasteiger partial charge >= 0.3 is 0 Å². The fourth-order valence-corrected chi connectivity index (χ4v) is 1.11. The molecule has 76 valence electrons. The Hall–Kier alpha value is -1.71. The zero-order chi connectivity index (χ0) is 10.6. The SMILES string of the molecule is CN=C(N)Nc1cc(C)ccc1OC. The standard InChI is InChI=1S/C10H15N3O/c1-7-4-5-9(14-3)8(6-7)13-10(11)12-2/h4-6H,1-3H3,(H3,11,12,13). The molecular formula is C10H15N3O. The summed E-state index contributed by atoms with van der Waals surface area (Å²) in [4.78, 5) is 3.82. The van der Waals surface area contributed by atoms with Gasteiger partial charge < -0.3 is 15.8 Å². The number of nitrogens with two attached hydrogens (primary N) is 1. The Morgan fingerprint density at radius 3 is 2.79 bits per heavy atom. The first-order chi connectivity index (χ1) is 6.67. The van der Waals surface area contributed by atoms with Crippen molar-refractivity contribution in [2.45, 2.75) is 6.92 Å². The van der Waals surface area contributed by atoms with Gasteiger partial charge in [0.1, 0.15) is 5.75 Å². The lowest BCUT2D eigenvalue weighted by atomic mass is 10.2. The molecule has 3 N–H and O–H groups in total. The Bertz CT molecular complexity index is 347. The molecule has 0 fully saturated rings. The van der Waals surface area contributed by atoms with Gasteiger partial charge in [-0.25, -0.2) is 0 Å². The van der Waals surface area contributed by atoms with Gasteiger partial charge in [0.25, 0.3) is 0 Å². The third-order valence-corrected chi connectivity index (χ3v) is 1.86. The number of aliphatic imine (C=N–C) groups is 1. The van der Waals surface area contributed by atoms with E-state index in [1.165, 1.54) is 0 Å². The van der Waals surface area contributed by atoms with E-state index in [0.29, 0.717) is 5.96 Å². The van der Waals surface area contributed by atoms with Crippen molar-refractivity contribution in [3.8, 4) is 5.75 Å². The van der Waals surface area contributed by atoms with Crippen LogP contribution >= 0.6 is 0 Å². The molecule has 0 radical (unpaired) electrons. The van der Waals surface area contributed by atoms with Crippen LogP contribution in [0.3, 0.4) is 0 Å². The minimum absolute atomic E-state index is 0.369. The van der Waals surface area contributed by atoms with E-state index >= 15 is 0 Å². The second kappa shape index (κ2) is 4.50. The number of nitrogens with zero attached hydrogens (tertiary/aromatic N) is 1. The molecule has 0 aromatic heterocycles. The van der Waals surface area contributed by atoms with Crippen molar-refractivity contribution in [2.75, 3.05) is 19.5 Å². The molecule has 0 amide bonds. The first-order valence-corrected chi connectivity index (χ1v) is 4.31. The molecule has 0 atom stereocenters. The highest BCUT2D eigenvalue weighted by Gasteiger charge is 2.02. The van der Waals surface area contributed by atoms with Crippen LogP contribution in [0.1, 0.15) is 5.56 Å². The quantitative estimate of drug-likeness (QED) is 0.550. The normalized spacial score (nSPS) is 11.2. The van der Waals surface area contributed by atoms with Crippen molar-refractivity contribution in [3.63, 3.8) is 0 Å². The number of hydrogen-bond donors (Lipinski definition) is 2. The van der Waals surface area contributed by atoms with E-state index in [9.17, 15) is 0 Å². The van der Waals surface area contributed by atoms with Gasteiger partial charge in [-0.3, -0.25) is 4.99 Å². The Kier molecular flexibility index (Phi) is 3.34. The first-order valence-electron chi connectivity index (χ1n) is 4.31. The number of nitrogens with one attached hydrogen (secondary N) is 1. The maximum absolute atomic E-state index is 5.56. The van der Waals surface area contributed by atoms with Gasteiger partial charge in [0.15, 0.2) is 5.96 Å². The maximum atomic E-state index is 5.56. The van der Waals surface area contributed by atoms with Gasteiger partial charge in [-0.15, -0.1) is 0 Å². The molecule has 0 saturated carbocycles. The predicted molar refractivity (Wildman–Crippen MR) is 58.9 cm³/mol. The van der Waals surface area contributed by atoms with Crippen LogP contribution in [-0.4, -0.2) is 20.1 Å². The van der Waals surface area contributed by atoms with Crippen molar-refractivity contribution >= 4 is 11.6 Å². The summed E-state index contributed by atoms with van der Waals surface area (Å²) in [6.07, 6.45) is 0. The molecule has 1 aromatic carbocycles. The number of hydrogen-bond acceptors (Lipinski definition) is 2. The summed E-state index contributed by atoms with van der Waals surface area (Å²) in [7, 11) is 3.25. The van der Waals surface area contributed by atoms with Crippen molar-refractivity contribution in [1.29, 1.82) is 0 Å². The highest BCUT2D eigenvalue weighted by atomic mass is 16.5. The van der Waals surface area contributed by atoms with E-state index in [4.69, 9.17) is 10.5 Å². The molecule has 14 heavy (non-hydrogen) atoms. The number of rotatable bonds is 2. The smallest absolute Gasteiger partial charge is 0.192 e. The highest BCUT2D eigenvalue weighted by Crippen LogP contribution is 2.24. The number of guanidine groups is 1. The zero-order valence-corrected chi connectivity index (χ0v) is 8.66. The molecule has 0 aliphatic heterocycles. The summed E-state index contributed by atoms with van der Waals surface area (Å²) in [5.41, 5.74) is 7.53. The molecule has 0 bridgehead atoms. The van der Waals surface area contributed by atoms with Gasteiger partial charge in [-0.2, -0.15) is 0 Å². The molecular weight excluding hydrogens is 178 g/mol. The average molecular weight is 193 g/mol. The maximum Gasteiger partial charge on any atom is 0.192 e. The van der Waals surface area contributed by atoms with Crippen LogP contribution in [-0.2, 0) is 0 Å². The summed E-state index contributed by atoms with van der Waals surface area (Å²) < 4.78 is 5.17. The van der Waals surface area contributed by atoms with Crippen molar-refractivity contribution in [2.24, 2.45) is 10.7 Å². The van der Waals surface area contributed by atoms with Crippen LogP contribution in [0, 0.1) is 6.92 Å². The van der Waals surface area contributed by atoms with Gasteiger partial charge in [0.2, 0.25) is 0 Å². The monoisotopic (exact) mass is 193 g/mol. The molecule has 0 unspecified atom stereocenters. The molecule has 1 aromatic rings. The Balaban J connectivity index is 2.99. The minimum Gasteiger partial charge on any atom is -0.495 e.